The van der Waals surface area contributed by atoms with E-state index in [9.17, 15) is 4.79 Å². The highest BCUT2D eigenvalue weighted by atomic mass is 16.5. The van der Waals surface area contributed by atoms with E-state index < -0.39 is 0 Å². The zero-order valence-electron chi connectivity index (χ0n) is 22.5. The fraction of sp³-hybridized carbons (Fsp3) is 0.258. The summed E-state index contributed by atoms with van der Waals surface area (Å²) in [5.74, 6) is 1.55. The fourth-order valence-corrected chi connectivity index (χ4v) is 5.26. The molecule has 194 valence electrons. The molecule has 7 heteroatoms. The number of carbonyl (C=O) groups is 1. The van der Waals surface area contributed by atoms with Crippen molar-refractivity contribution in [3.05, 3.63) is 83.0 Å². The first-order chi connectivity index (χ1) is 18.4. The number of fused-ring (bicyclic) bond motifs is 1. The lowest BCUT2D eigenvalue weighted by atomic mass is 9.88. The molecule has 7 nitrogen and oxygen atoms in total. The lowest BCUT2D eigenvalue weighted by Gasteiger charge is -2.23. The van der Waals surface area contributed by atoms with Crippen LogP contribution in [-0.4, -0.2) is 42.9 Å². The van der Waals surface area contributed by atoms with Crippen molar-refractivity contribution in [2.24, 2.45) is 5.10 Å². The van der Waals surface area contributed by atoms with Crippen LogP contribution in [0.15, 0.2) is 65.8 Å². The van der Waals surface area contributed by atoms with E-state index in [1.54, 1.807) is 27.4 Å². The Morgan fingerprint density at radius 1 is 0.868 bits per heavy atom. The molecule has 0 N–H and O–H groups in total. The van der Waals surface area contributed by atoms with Crippen LogP contribution in [0.3, 0.4) is 0 Å². The van der Waals surface area contributed by atoms with Crippen LogP contribution in [0.5, 0.6) is 17.2 Å². The first-order valence-electron chi connectivity index (χ1n) is 12.5. The van der Waals surface area contributed by atoms with Crippen molar-refractivity contribution < 1.29 is 19.0 Å². The van der Waals surface area contributed by atoms with Crippen molar-refractivity contribution in [3.63, 3.8) is 0 Å². The number of benzene rings is 3. The van der Waals surface area contributed by atoms with E-state index in [-0.39, 0.29) is 11.9 Å². The molecule has 0 aliphatic carbocycles. The highest BCUT2D eigenvalue weighted by Gasteiger charge is 2.36. The minimum Gasteiger partial charge on any atom is -0.496 e. The van der Waals surface area contributed by atoms with Crippen LogP contribution in [0, 0.1) is 13.8 Å². The van der Waals surface area contributed by atoms with Gasteiger partial charge in [0.15, 0.2) is 11.5 Å². The number of carbonyl (C=O) groups excluding carboxylic acids is 1. The Morgan fingerprint density at radius 2 is 1.55 bits per heavy atom. The van der Waals surface area contributed by atoms with Crippen LogP contribution in [0.4, 0.5) is 0 Å². The molecule has 1 amide bonds. The summed E-state index contributed by atoms with van der Waals surface area (Å²) in [5, 5.41) is 7.49. The van der Waals surface area contributed by atoms with E-state index in [4.69, 9.17) is 24.3 Å². The summed E-state index contributed by atoms with van der Waals surface area (Å²) in [7, 11) is 4.77. The first-order valence-corrected chi connectivity index (χ1v) is 12.5. The van der Waals surface area contributed by atoms with Gasteiger partial charge in [-0.15, -0.1) is 0 Å². The van der Waals surface area contributed by atoms with Gasteiger partial charge in [-0.25, -0.2) is 5.01 Å². The second-order valence-electron chi connectivity index (χ2n) is 9.41. The van der Waals surface area contributed by atoms with Gasteiger partial charge in [0.1, 0.15) is 5.75 Å². The molecule has 1 aromatic heterocycles. The van der Waals surface area contributed by atoms with Gasteiger partial charge in [0, 0.05) is 47.2 Å². The smallest absolute Gasteiger partial charge is 0.240 e. The third-order valence-corrected chi connectivity index (χ3v) is 7.00. The number of pyridine rings is 1. The zero-order valence-corrected chi connectivity index (χ0v) is 22.5. The Hall–Kier alpha value is -4.39. The Bertz CT molecular complexity index is 1560. The summed E-state index contributed by atoms with van der Waals surface area (Å²) >= 11 is 0. The van der Waals surface area contributed by atoms with E-state index in [1.807, 2.05) is 31.2 Å². The maximum atomic E-state index is 12.9. The lowest BCUT2D eigenvalue weighted by Crippen LogP contribution is -2.24. The molecule has 2 heterocycles. The average molecular weight is 510 g/mol. The number of ether oxygens (including phenoxy) is 3. The van der Waals surface area contributed by atoms with Crippen molar-refractivity contribution in [2.45, 2.75) is 33.2 Å². The lowest BCUT2D eigenvalue weighted by molar-refractivity contribution is -0.130. The molecule has 1 atom stereocenters. The third kappa shape index (κ3) is 4.34. The van der Waals surface area contributed by atoms with E-state index in [0.29, 0.717) is 23.7 Å². The van der Waals surface area contributed by atoms with Crippen LogP contribution >= 0.6 is 0 Å². The molecule has 3 aromatic carbocycles. The van der Waals surface area contributed by atoms with Gasteiger partial charge in [-0.05, 0) is 37.6 Å². The molecule has 0 saturated carbocycles. The monoisotopic (exact) mass is 509 g/mol. The van der Waals surface area contributed by atoms with Crippen LogP contribution in [0.2, 0.25) is 0 Å². The quantitative estimate of drug-likeness (QED) is 0.308. The number of nitrogens with zero attached hydrogens (tertiary/aromatic N) is 3. The van der Waals surface area contributed by atoms with Crippen molar-refractivity contribution in [3.8, 4) is 28.4 Å². The van der Waals surface area contributed by atoms with Crippen molar-refractivity contribution in [1.29, 1.82) is 0 Å². The molecule has 1 aliphatic rings. The molecule has 38 heavy (non-hydrogen) atoms. The van der Waals surface area contributed by atoms with Crippen molar-refractivity contribution in [2.75, 3.05) is 21.3 Å². The predicted molar refractivity (Wildman–Crippen MR) is 149 cm³/mol. The summed E-state index contributed by atoms with van der Waals surface area (Å²) in [4.78, 5) is 17.8. The van der Waals surface area contributed by atoms with Crippen molar-refractivity contribution in [1.82, 2.24) is 9.99 Å². The number of aryl methyl sites for hydroxylation is 2. The number of methoxy groups -OCH3 is 3. The van der Waals surface area contributed by atoms with Crippen molar-refractivity contribution >= 4 is 22.5 Å². The Morgan fingerprint density at radius 3 is 2.21 bits per heavy atom. The molecular weight excluding hydrogens is 478 g/mol. The molecular formula is C31H31N3O4. The molecule has 0 spiro atoms. The molecule has 0 bridgehead atoms. The normalized spacial score (nSPS) is 14.9. The first kappa shape index (κ1) is 25.3. The molecule has 0 unspecified atom stereocenters. The van der Waals surface area contributed by atoms with E-state index in [0.717, 1.165) is 50.1 Å². The molecule has 0 fully saturated rings. The Labute approximate surface area is 222 Å². The Balaban J connectivity index is 1.72. The summed E-state index contributed by atoms with van der Waals surface area (Å²) in [5.41, 5.74) is 7.63. The minimum absolute atomic E-state index is 0.162. The summed E-state index contributed by atoms with van der Waals surface area (Å²) in [6.07, 6.45) is 0.491. The number of hydrazone groups is 1. The molecule has 4 aromatic rings. The number of aromatic nitrogens is 1. The highest BCUT2D eigenvalue weighted by molar-refractivity contribution is 6.14. The van der Waals surface area contributed by atoms with Gasteiger partial charge < -0.3 is 14.2 Å². The fourth-order valence-electron chi connectivity index (χ4n) is 5.26. The topological polar surface area (TPSA) is 73.3 Å². The third-order valence-electron chi connectivity index (χ3n) is 7.00. The largest absolute Gasteiger partial charge is 0.496 e. The number of hydrogen-bond acceptors (Lipinski definition) is 6. The van der Waals surface area contributed by atoms with Crippen LogP contribution in [-0.2, 0) is 4.79 Å². The summed E-state index contributed by atoms with van der Waals surface area (Å²) < 4.78 is 16.8. The average Bonchev–Trinajstić information content (AvgIpc) is 3.37. The zero-order chi connectivity index (χ0) is 27.0. The van der Waals surface area contributed by atoms with Crippen LogP contribution < -0.4 is 14.2 Å². The number of rotatable bonds is 6. The predicted octanol–water partition coefficient (Wildman–Crippen LogP) is 6.24. The highest BCUT2D eigenvalue weighted by Crippen LogP contribution is 2.44. The second-order valence-corrected chi connectivity index (χ2v) is 9.41. The minimum atomic E-state index is -0.381. The van der Waals surface area contributed by atoms with Gasteiger partial charge in [0.2, 0.25) is 5.91 Å². The van der Waals surface area contributed by atoms with Crippen LogP contribution in [0.25, 0.3) is 22.0 Å². The van der Waals surface area contributed by atoms with Crippen LogP contribution in [0.1, 0.15) is 41.8 Å². The molecule has 1 aliphatic heterocycles. The van der Waals surface area contributed by atoms with E-state index >= 15 is 0 Å². The SMILES string of the molecule is COc1cc(OC)c([C@@H]2CC(c3c(C)nc4ccc(C)cc4c3-c3ccccc3)=NN2C(C)=O)cc1OC. The summed E-state index contributed by atoms with van der Waals surface area (Å²) in [6, 6.07) is 19.9. The maximum absolute atomic E-state index is 12.9. The van der Waals surface area contributed by atoms with Gasteiger partial charge in [-0.3, -0.25) is 9.78 Å². The standard InChI is InChI=1S/C31H31N3O4/c1-18-12-13-24-22(14-18)31(21-10-8-7-9-11-21)30(19(2)32-24)25-16-26(34(33-25)20(3)35)23-15-28(37-5)29(38-6)17-27(23)36-4/h7-15,17,26H,16H2,1-6H3/t26-/m0/s1. The van der Waals surface area contributed by atoms with E-state index in [1.165, 1.54) is 11.9 Å². The molecule has 5 rings (SSSR count). The number of amides is 1. The maximum Gasteiger partial charge on any atom is 0.240 e. The molecule has 0 radical (unpaired) electrons. The van der Waals surface area contributed by atoms with Gasteiger partial charge in [0.25, 0.3) is 0 Å². The number of hydrogen-bond donors (Lipinski definition) is 0. The summed E-state index contributed by atoms with van der Waals surface area (Å²) in [6.45, 7) is 5.61. The molecule has 0 saturated heterocycles. The van der Waals surface area contributed by atoms with E-state index in [2.05, 4.69) is 37.3 Å². The van der Waals surface area contributed by atoms with Gasteiger partial charge in [-0.1, -0.05) is 42.0 Å². The van der Waals surface area contributed by atoms with Gasteiger partial charge in [0.05, 0.1) is 38.6 Å². The second kappa shape index (κ2) is 10.2. The van der Waals surface area contributed by atoms with Gasteiger partial charge in [-0.2, -0.15) is 5.10 Å². The Kier molecular flexibility index (Phi) is 6.76. The van der Waals surface area contributed by atoms with Gasteiger partial charge >= 0.3 is 0 Å².